The number of aryl methyl sites for hydroxylation is 1. The maximum atomic E-state index is 12.3. The van der Waals surface area contributed by atoms with Crippen LogP contribution in [0.4, 0.5) is 0 Å². The minimum Gasteiger partial charge on any atom is -0.309 e. The Morgan fingerprint density at radius 3 is 1.93 bits per heavy atom. The molecule has 5 rings (SSSR count). The second-order valence-electron chi connectivity index (χ2n) is 7.11. The fourth-order valence-corrected chi connectivity index (χ4v) is 4.68. The predicted molar refractivity (Wildman–Crippen MR) is 120 cm³/mol. The number of para-hydroxylation sites is 2. The number of aromatic nitrogens is 1. The summed E-state index contributed by atoms with van der Waals surface area (Å²) in [6, 6.07) is 30.2. The molecule has 0 aliphatic rings. The molecular formula is C25H19NO2S. The van der Waals surface area contributed by atoms with Gasteiger partial charge in [-0.05, 0) is 42.3 Å². The Morgan fingerprint density at radius 1 is 0.724 bits per heavy atom. The average molecular weight is 397 g/mol. The maximum absolute atomic E-state index is 12.3. The van der Waals surface area contributed by atoms with E-state index in [1.807, 2.05) is 73.7 Å². The smallest absolute Gasteiger partial charge is 0.187 e. The Balaban J connectivity index is 1.81. The second-order valence-corrected chi connectivity index (χ2v) is 8.05. The Morgan fingerprint density at radius 2 is 1.31 bits per heavy atom. The molecule has 0 amide bonds. The summed E-state index contributed by atoms with van der Waals surface area (Å²) in [6.07, 6.45) is 0. The van der Waals surface area contributed by atoms with E-state index in [2.05, 4.69) is 28.8 Å². The quantitative estimate of drug-likeness (QED) is 0.361. The highest BCUT2D eigenvalue weighted by atomic mass is 32.2. The zero-order chi connectivity index (χ0) is 20.0. The van der Waals surface area contributed by atoms with Crippen molar-refractivity contribution in [1.29, 1.82) is 0 Å². The molecule has 1 atom stereocenters. The lowest BCUT2D eigenvalue weighted by molar-refractivity contribution is 0.564. The Kier molecular flexibility index (Phi) is 4.31. The van der Waals surface area contributed by atoms with Crippen molar-refractivity contribution in [2.45, 2.75) is 11.8 Å². The molecule has 29 heavy (non-hydrogen) atoms. The predicted octanol–water partition coefficient (Wildman–Crippen LogP) is 6.34. The first-order chi connectivity index (χ1) is 14.1. The molecule has 142 valence electrons. The van der Waals surface area contributed by atoms with Crippen LogP contribution in [0, 0.1) is 6.92 Å². The zero-order valence-electron chi connectivity index (χ0n) is 15.9. The molecule has 1 unspecified atom stereocenters. The molecule has 1 heterocycles. The van der Waals surface area contributed by atoms with Crippen molar-refractivity contribution >= 4 is 32.9 Å². The van der Waals surface area contributed by atoms with Gasteiger partial charge in [0.1, 0.15) is 0 Å². The number of hydrogen-bond donors (Lipinski definition) is 1. The first-order valence-electron chi connectivity index (χ1n) is 9.44. The molecule has 1 aromatic heterocycles. The summed E-state index contributed by atoms with van der Waals surface area (Å²) < 4.78 is 24.5. The van der Waals surface area contributed by atoms with Gasteiger partial charge < -0.3 is 9.12 Å². The molecule has 1 N–H and O–H groups in total. The molecular weight excluding hydrogens is 378 g/mol. The molecule has 0 bridgehead atoms. The van der Waals surface area contributed by atoms with Crippen molar-refractivity contribution in [2.75, 3.05) is 0 Å². The van der Waals surface area contributed by atoms with Gasteiger partial charge in [-0.1, -0.05) is 66.7 Å². The highest BCUT2D eigenvalue weighted by Crippen LogP contribution is 2.35. The number of rotatable bonds is 3. The Bertz CT molecular complexity index is 1350. The summed E-state index contributed by atoms with van der Waals surface area (Å²) in [7, 11) is 0. The van der Waals surface area contributed by atoms with Crippen molar-refractivity contribution in [3.63, 3.8) is 0 Å². The summed E-state index contributed by atoms with van der Waals surface area (Å²) in [5.74, 6) is 0. The van der Waals surface area contributed by atoms with Gasteiger partial charge in [0.05, 0.1) is 15.9 Å². The van der Waals surface area contributed by atoms with E-state index in [9.17, 15) is 8.76 Å². The van der Waals surface area contributed by atoms with E-state index in [-0.39, 0.29) is 0 Å². The van der Waals surface area contributed by atoms with Crippen LogP contribution in [0.2, 0.25) is 0 Å². The van der Waals surface area contributed by atoms with Crippen LogP contribution in [0.3, 0.4) is 0 Å². The van der Waals surface area contributed by atoms with Gasteiger partial charge in [0.2, 0.25) is 0 Å². The third kappa shape index (κ3) is 2.89. The van der Waals surface area contributed by atoms with Crippen molar-refractivity contribution in [1.82, 2.24) is 4.57 Å². The molecule has 0 fully saturated rings. The third-order valence-corrected chi connectivity index (χ3v) is 6.14. The van der Waals surface area contributed by atoms with Crippen LogP contribution in [-0.2, 0) is 11.1 Å². The standard InChI is InChI=1S/C25H19NO2S/c1-17-8-2-3-9-19(17)22-15-14-18(16-25(22)29(27)28)26-23-12-6-4-10-20(23)21-11-5-7-13-24(21)26/h2-16H,1H3,(H,27,28). The van der Waals surface area contributed by atoms with Crippen LogP contribution >= 0.6 is 0 Å². The van der Waals surface area contributed by atoms with Gasteiger partial charge in [0.25, 0.3) is 0 Å². The molecule has 3 nitrogen and oxygen atoms in total. The monoisotopic (exact) mass is 397 g/mol. The van der Waals surface area contributed by atoms with E-state index in [1.54, 1.807) is 0 Å². The lowest BCUT2D eigenvalue weighted by Crippen LogP contribution is -1.99. The molecule has 4 aromatic carbocycles. The maximum Gasteiger partial charge on any atom is 0.187 e. The molecule has 4 heteroatoms. The van der Waals surface area contributed by atoms with E-state index >= 15 is 0 Å². The minimum atomic E-state index is -2.10. The first-order valence-corrected chi connectivity index (χ1v) is 10.6. The van der Waals surface area contributed by atoms with Crippen LogP contribution in [0.25, 0.3) is 38.6 Å². The lowest BCUT2D eigenvalue weighted by atomic mass is 10.0. The van der Waals surface area contributed by atoms with Gasteiger partial charge in [-0.15, -0.1) is 0 Å². The molecule has 0 aliphatic heterocycles. The van der Waals surface area contributed by atoms with Crippen LogP contribution in [0.1, 0.15) is 5.56 Å². The largest absolute Gasteiger partial charge is 0.309 e. The molecule has 0 radical (unpaired) electrons. The number of hydrogen-bond acceptors (Lipinski definition) is 1. The van der Waals surface area contributed by atoms with Crippen molar-refractivity contribution in [3.8, 4) is 16.8 Å². The fourth-order valence-electron chi connectivity index (χ4n) is 4.09. The van der Waals surface area contributed by atoms with Gasteiger partial charge in [0.15, 0.2) is 11.1 Å². The van der Waals surface area contributed by atoms with Crippen LogP contribution in [0.5, 0.6) is 0 Å². The van der Waals surface area contributed by atoms with E-state index in [0.29, 0.717) is 4.90 Å². The Labute approximate surface area is 171 Å². The van der Waals surface area contributed by atoms with Gasteiger partial charge in [0, 0.05) is 22.0 Å². The van der Waals surface area contributed by atoms with Crippen LogP contribution in [-0.4, -0.2) is 13.3 Å². The topological polar surface area (TPSA) is 42.2 Å². The fraction of sp³-hybridized carbons (Fsp3) is 0.0400. The highest BCUT2D eigenvalue weighted by molar-refractivity contribution is 7.79. The SMILES string of the molecule is Cc1ccccc1-c1ccc(-n2c3ccccc3c3ccccc32)cc1S(=O)O. The summed E-state index contributed by atoms with van der Waals surface area (Å²) in [5.41, 5.74) is 5.85. The molecule has 0 aliphatic carbocycles. The van der Waals surface area contributed by atoms with Crippen molar-refractivity contribution in [2.24, 2.45) is 0 Å². The summed E-state index contributed by atoms with van der Waals surface area (Å²) in [5, 5.41) is 2.33. The van der Waals surface area contributed by atoms with Gasteiger partial charge in [-0.3, -0.25) is 0 Å². The Hall–Kier alpha value is -3.21. The van der Waals surface area contributed by atoms with E-state index in [1.165, 1.54) is 0 Å². The summed E-state index contributed by atoms with van der Waals surface area (Å²) >= 11 is -2.10. The number of nitrogens with zero attached hydrogens (tertiary/aromatic N) is 1. The van der Waals surface area contributed by atoms with Gasteiger partial charge in [-0.2, -0.15) is 0 Å². The zero-order valence-corrected chi connectivity index (χ0v) is 16.7. The number of benzene rings is 4. The van der Waals surface area contributed by atoms with Gasteiger partial charge >= 0.3 is 0 Å². The normalized spacial score (nSPS) is 12.5. The molecule has 5 aromatic rings. The molecule has 0 saturated carbocycles. The third-order valence-electron chi connectivity index (χ3n) is 5.43. The first kappa shape index (κ1) is 17.9. The highest BCUT2D eigenvalue weighted by Gasteiger charge is 2.16. The average Bonchev–Trinajstić information content (AvgIpc) is 3.08. The van der Waals surface area contributed by atoms with E-state index in [0.717, 1.165) is 44.2 Å². The van der Waals surface area contributed by atoms with Crippen LogP contribution < -0.4 is 0 Å². The van der Waals surface area contributed by atoms with Crippen LogP contribution in [0.15, 0.2) is 95.9 Å². The van der Waals surface area contributed by atoms with Crippen molar-refractivity contribution < 1.29 is 8.76 Å². The lowest BCUT2D eigenvalue weighted by Gasteiger charge is -2.14. The molecule has 0 spiro atoms. The number of fused-ring (bicyclic) bond motifs is 3. The van der Waals surface area contributed by atoms with Gasteiger partial charge in [-0.25, -0.2) is 4.21 Å². The summed E-state index contributed by atoms with van der Waals surface area (Å²) in [6.45, 7) is 2.01. The minimum absolute atomic E-state index is 0.415. The molecule has 0 saturated heterocycles. The van der Waals surface area contributed by atoms with Crippen molar-refractivity contribution in [3.05, 3.63) is 96.6 Å². The van der Waals surface area contributed by atoms with E-state index in [4.69, 9.17) is 0 Å². The second kappa shape index (κ2) is 6.99. The van der Waals surface area contributed by atoms with E-state index < -0.39 is 11.1 Å². The summed E-state index contributed by atoms with van der Waals surface area (Å²) in [4.78, 5) is 0.415.